The Morgan fingerprint density at radius 2 is 1.97 bits per heavy atom. The number of nitrogens with zero attached hydrogens (tertiary/aromatic N) is 3. The van der Waals surface area contributed by atoms with Crippen molar-refractivity contribution in [2.24, 2.45) is 0 Å². The van der Waals surface area contributed by atoms with Crippen LogP contribution >= 0.6 is 0 Å². The summed E-state index contributed by atoms with van der Waals surface area (Å²) in [6.07, 6.45) is 5.91. The number of hydrogen-bond acceptors (Lipinski definition) is 5. The summed E-state index contributed by atoms with van der Waals surface area (Å²) >= 11 is 0. The topological polar surface area (TPSA) is 76.9 Å². The van der Waals surface area contributed by atoms with Crippen molar-refractivity contribution in [3.63, 3.8) is 0 Å². The van der Waals surface area contributed by atoms with Gasteiger partial charge in [-0.2, -0.15) is 0 Å². The number of benzene rings is 1. The number of phenols is 1. The summed E-state index contributed by atoms with van der Waals surface area (Å²) in [6.45, 7) is 5.55. The average molecular weight is 398 g/mol. The predicted octanol–water partition coefficient (Wildman–Crippen LogP) is 2.60. The largest absolute Gasteiger partial charge is 0.508 e. The van der Waals surface area contributed by atoms with Crippen molar-refractivity contribution in [2.75, 3.05) is 26.2 Å². The maximum Gasteiger partial charge on any atom is 0.226 e. The van der Waals surface area contributed by atoms with E-state index in [0.717, 1.165) is 25.1 Å². The van der Waals surface area contributed by atoms with Gasteiger partial charge in [0.05, 0.1) is 12.0 Å². The smallest absolute Gasteiger partial charge is 0.226 e. The van der Waals surface area contributed by atoms with Gasteiger partial charge >= 0.3 is 0 Å². The molecule has 0 aliphatic carbocycles. The third kappa shape index (κ3) is 6.27. The zero-order chi connectivity index (χ0) is 20.7. The standard InChI is InChI=1S/C23H31N3O3/c1-2-25(17-19-7-11-24-12-8-19)18-23(29)9-4-13-26(14-10-23)22(28)16-20-5-3-6-21(27)15-20/h3,5-8,11-12,15,27,29H,2,4,9-10,13-14,16-18H2,1H3/t23-/m0/s1. The minimum atomic E-state index is -0.789. The molecule has 1 aliphatic heterocycles. The molecule has 2 heterocycles. The normalized spacial score (nSPS) is 19.9. The monoisotopic (exact) mass is 397 g/mol. The number of carbonyl (C=O) groups excluding carboxylic acids is 1. The fraction of sp³-hybridized carbons (Fsp3) is 0.478. The van der Waals surface area contributed by atoms with E-state index in [1.807, 2.05) is 23.1 Å². The number of likely N-dealkylation sites (N-methyl/N-ethyl adjacent to an activating group) is 1. The van der Waals surface area contributed by atoms with E-state index in [2.05, 4.69) is 16.8 Å². The Morgan fingerprint density at radius 3 is 2.69 bits per heavy atom. The summed E-state index contributed by atoms with van der Waals surface area (Å²) in [5.74, 6) is 0.221. The van der Waals surface area contributed by atoms with Crippen molar-refractivity contribution >= 4 is 5.91 Å². The van der Waals surface area contributed by atoms with E-state index in [-0.39, 0.29) is 18.1 Å². The van der Waals surface area contributed by atoms with Gasteiger partial charge in [-0.25, -0.2) is 0 Å². The van der Waals surface area contributed by atoms with E-state index < -0.39 is 5.60 Å². The molecular weight excluding hydrogens is 366 g/mol. The maximum absolute atomic E-state index is 12.7. The lowest BCUT2D eigenvalue weighted by atomic mass is 9.94. The molecule has 1 aromatic carbocycles. The Kier molecular flexibility index (Phi) is 7.23. The zero-order valence-corrected chi connectivity index (χ0v) is 17.1. The van der Waals surface area contributed by atoms with Crippen LogP contribution in [0, 0.1) is 0 Å². The number of likely N-dealkylation sites (tertiary alicyclic amines) is 1. The molecule has 156 valence electrons. The molecule has 1 atom stereocenters. The molecule has 3 rings (SSSR count). The highest BCUT2D eigenvalue weighted by molar-refractivity contribution is 5.78. The first-order valence-corrected chi connectivity index (χ1v) is 10.4. The quantitative estimate of drug-likeness (QED) is 0.751. The van der Waals surface area contributed by atoms with Crippen molar-refractivity contribution in [1.29, 1.82) is 0 Å². The van der Waals surface area contributed by atoms with Gasteiger partial charge in [0, 0.05) is 38.6 Å². The summed E-state index contributed by atoms with van der Waals surface area (Å²) in [5, 5.41) is 20.8. The highest BCUT2D eigenvalue weighted by Gasteiger charge is 2.33. The van der Waals surface area contributed by atoms with Crippen LogP contribution < -0.4 is 0 Å². The third-order valence-corrected chi connectivity index (χ3v) is 5.66. The van der Waals surface area contributed by atoms with Gasteiger partial charge in [0.2, 0.25) is 5.91 Å². The summed E-state index contributed by atoms with van der Waals surface area (Å²) in [6, 6.07) is 10.8. The molecule has 0 spiro atoms. The van der Waals surface area contributed by atoms with Crippen molar-refractivity contribution in [1.82, 2.24) is 14.8 Å². The molecular formula is C23H31N3O3. The predicted molar refractivity (Wildman–Crippen MR) is 112 cm³/mol. The Balaban J connectivity index is 1.56. The number of hydrogen-bond donors (Lipinski definition) is 2. The molecule has 0 bridgehead atoms. The maximum atomic E-state index is 12.7. The van der Waals surface area contributed by atoms with Gasteiger partial charge in [0.15, 0.2) is 0 Å². The average Bonchev–Trinajstić information content (AvgIpc) is 2.90. The van der Waals surface area contributed by atoms with Crippen LogP contribution in [0.15, 0.2) is 48.8 Å². The number of pyridine rings is 1. The van der Waals surface area contributed by atoms with Gasteiger partial charge in [0.25, 0.3) is 0 Å². The molecule has 1 aromatic heterocycles. The lowest BCUT2D eigenvalue weighted by Crippen LogP contribution is -2.44. The minimum Gasteiger partial charge on any atom is -0.508 e. The Bertz CT molecular complexity index is 799. The van der Waals surface area contributed by atoms with Crippen LogP contribution in [0.2, 0.25) is 0 Å². The van der Waals surface area contributed by atoms with Gasteiger partial charge in [-0.3, -0.25) is 14.7 Å². The molecule has 1 aliphatic rings. The highest BCUT2D eigenvalue weighted by Crippen LogP contribution is 2.25. The zero-order valence-electron chi connectivity index (χ0n) is 17.1. The van der Waals surface area contributed by atoms with Crippen LogP contribution in [0.3, 0.4) is 0 Å². The number of aromatic hydroxyl groups is 1. The van der Waals surface area contributed by atoms with E-state index in [1.165, 1.54) is 5.56 Å². The van der Waals surface area contributed by atoms with Gasteiger partial charge in [-0.05, 0) is 61.2 Å². The molecule has 2 N–H and O–H groups in total. The van der Waals surface area contributed by atoms with Crippen LogP contribution in [0.5, 0.6) is 5.75 Å². The number of carbonyl (C=O) groups is 1. The number of phenolic OH excluding ortho intramolecular Hbond substituents is 1. The molecule has 0 saturated carbocycles. The van der Waals surface area contributed by atoms with Crippen molar-refractivity contribution in [3.05, 3.63) is 59.9 Å². The van der Waals surface area contributed by atoms with E-state index in [4.69, 9.17) is 0 Å². The van der Waals surface area contributed by atoms with Crippen LogP contribution in [0.1, 0.15) is 37.3 Å². The first-order chi connectivity index (χ1) is 14.0. The van der Waals surface area contributed by atoms with Gasteiger partial charge in [-0.15, -0.1) is 0 Å². The van der Waals surface area contributed by atoms with Crippen LogP contribution in [0.4, 0.5) is 0 Å². The Hall–Kier alpha value is -2.44. The molecule has 1 fully saturated rings. The molecule has 29 heavy (non-hydrogen) atoms. The molecule has 6 heteroatoms. The van der Waals surface area contributed by atoms with Gasteiger partial charge in [-0.1, -0.05) is 19.1 Å². The summed E-state index contributed by atoms with van der Waals surface area (Å²) < 4.78 is 0. The van der Waals surface area contributed by atoms with Crippen LogP contribution in [0.25, 0.3) is 0 Å². The van der Waals surface area contributed by atoms with E-state index in [1.54, 1.807) is 30.6 Å². The van der Waals surface area contributed by atoms with Crippen molar-refractivity contribution < 1.29 is 15.0 Å². The number of rotatable bonds is 7. The van der Waals surface area contributed by atoms with Gasteiger partial charge in [0.1, 0.15) is 5.75 Å². The second-order valence-electron chi connectivity index (χ2n) is 7.96. The molecule has 0 unspecified atom stereocenters. The van der Waals surface area contributed by atoms with E-state index in [9.17, 15) is 15.0 Å². The molecule has 0 radical (unpaired) electrons. The summed E-state index contributed by atoms with van der Waals surface area (Å²) in [7, 11) is 0. The highest BCUT2D eigenvalue weighted by atomic mass is 16.3. The number of aromatic nitrogens is 1. The minimum absolute atomic E-state index is 0.0454. The fourth-order valence-corrected chi connectivity index (χ4v) is 3.98. The Morgan fingerprint density at radius 1 is 1.17 bits per heavy atom. The number of amides is 1. The molecule has 6 nitrogen and oxygen atoms in total. The van der Waals surface area contributed by atoms with E-state index in [0.29, 0.717) is 32.5 Å². The first kappa shape index (κ1) is 21.3. The van der Waals surface area contributed by atoms with Crippen LogP contribution in [-0.2, 0) is 17.8 Å². The summed E-state index contributed by atoms with van der Waals surface area (Å²) in [4.78, 5) is 20.9. The fourth-order valence-electron chi connectivity index (χ4n) is 3.98. The second-order valence-corrected chi connectivity index (χ2v) is 7.96. The molecule has 2 aromatic rings. The lowest BCUT2D eigenvalue weighted by Gasteiger charge is -2.33. The SMILES string of the molecule is CCN(Cc1ccncc1)C[C@]1(O)CCCN(C(=O)Cc2cccc(O)c2)CC1. The first-order valence-electron chi connectivity index (χ1n) is 10.4. The molecule has 1 amide bonds. The molecule has 1 saturated heterocycles. The third-order valence-electron chi connectivity index (χ3n) is 5.66. The Labute approximate surface area is 172 Å². The van der Waals surface area contributed by atoms with Crippen LogP contribution in [-0.4, -0.2) is 62.7 Å². The van der Waals surface area contributed by atoms with Crippen molar-refractivity contribution in [2.45, 2.75) is 44.8 Å². The summed E-state index contributed by atoms with van der Waals surface area (Å²) in [5.41, 5.74) is 1.20. The van der Waals surface area contributed by atoms with Crippen molar-refractivity contribution in [3.8, 4) is 5.75 Å². The second kappa shape index (κ2) is 9.85. The van der Waals surface area contributed by atoms with E-state index >= 15 is 0 Å². The number of aliphatic hydroxyl groups is 1. The lowest BCUT2D eigenvalue weighted by molar-refractivity contribution is -0.130. The van der Waals surface area contributed by atoms with Gasteiger partial charge < -0.3 is 15.1 Å².